The van der Waals surface area contributed by atoms with E-state index in [2.05, 4.69) is 22.0 Å². The van der Waals surface area contributed by atoms with Crippen molar-refractivity contribution in [3.05, 3.63) is 116 Å². The van der Waals surface area contributed by atoms with Gasteiger partial charge in [-0.3, -0.25) is 19.7 Å². The normalized spacial score (nSPS) is 14.5. The van der Waals surface area contributed by atoms with Gasteiger partial charge in [0.05, 0.1) is 39.9 Å². The van der Waals surface area contributed by atoms with Crippen LogP contribution in [0.15, 0.2) is 101 Å². The number of dihydropyridines is 1. The van der Waals surface area contributed by atoms with Gasteiger partial charge in [-0.15, -0.1) is 0 Å². The summed E-state index contributed by atoms with van der Waals surface area (Å²) in [5.74, 6) is -0.995. The smallest absolute Gasteiger partial charge is 0.269 e. The van der Waals surface area contributed by atoms with Crippen LogP contribution >= 0.6 is 11.8 Å². The van der Waals surface area contributed by atoms with Crippen LogP contribution in [0.2, 0.25) is 0 Å². The number of allylic oxidation sites excluding steroid dienone is 2. The van der Waals surface area contributed by atoms with Crippen molar-refractivity contribution >= 4 is 40.6 Å². The van der Waals surface area contributed by atoms with Gasteiger partial charge in [-0.25, -0.2) is 0 Å². The van der Waals surface area contributed by atoms with Crippen LogP contribution in [0.25, 0.3) is 0 Å². The number of carbonyl (C=O) groups is 2. The van der Waals surface area contributed by atoms with E-state index in [9.17, 15) is 25.0 Å². The van der Waals surface area contributed by atoms with Crippen molar-refractivity contribution in [2.45, 2.75) is 19.8 Å². The third kappa shape index (κ3) is 6.93. The lowest BCUT2D eigenvalue weighted by Gasteiger charge is -2.30. The van der Waals surface area contributed by atoms with Gasteiger partial charge in [0, 0.05) is 40.3 Å². The van der Waals surface area contributed by atoms with E-state index in [0.29, 0.717) is 45.6 Å². The standard InChI is InChI=1S/C30H27N5O5S/c1-3-40-25-12-8-7-11-23(25)28-24(17-31)30(32-19(2)27(28)29(37)34-20-9-5-4-6-10-20)41-18-26(36)33-21-13-15-22(16-14-21)35(38)39/h4-16,28,32H,3,18H2,1-2H3,(H,33,36)(H,34,37)/t28-/m0/s1. The zero-order valence-corrected chi connectivity index (χ0v) is 23.2. The molecule has 41 heavy (non-hydrogen) atoms. The number of amides is 2. The molecule has 3 aromatic rings. The number of para-hydroxylation sites is 2. The second-order valence-corrected chi connectivity index (χ2v) is 9.87. The number of anilines is 2. The highest BCUT2D eigenvalue weighted by Crippen LogP contribution is 2.44. The fourth-order valence-corrected chi connectivity index (χ4v) is 5.26. The number of ether oxygens (including phenoxy) is 1. The molecule has 0 saturated heterocycles. The molecular weight excluding hydrogens is 542 g/mol. The van der Waals surface area contributed by atoms with Gasteiger partial charge in [0.25, 0.3) is 11.6 Å². The Bertz CT molecular complexity index is 1560. The van der Waals surface area contributed by atoms with Gasteiger partial charge in [0.15, 0.2) is 0 Å². The summed E-state index contributed by atoms with van der Waals surface area (Å²) < 4.78 is 5.87. The number of hydrogen-bond acceptors (Lipinski definition) is 8. The fourth-order valence-electron chi connectivity index (χ4n) is 4.37. The molecule has 208 valence electrons. The molecule has 2 amide bonds. The number of benzene rings is 3. The number of hydrogen-bond donors (Lipinski definition) is 3. The summed E-state index contributed by atoms with van der Waals surface area (Å²) >= 11 is 1.12. The van der Waals surface area contributed by atoms with Gasteiger partial charge in [0.1, 0.15) is 5.75 Å². The van der Waals surface area contributed by atoms with Crippen LogP contribution in [-0.2, 0) is 9.59 Å². The van der Waals surface area contributed by atoms with E-state index in [-0.39, 0.29) is 28.8 Å². The topological polar surface area (TPSA) is 146 Å². The number of nitrogens with zero attached hydrogens (tertiary/aromatic N) is 2. The van der Waals surface area contributed by atoms with Gasteiger partial charge >= 0.3 is 0 Å². The lowest BCUT2D eigenvalue weighted by atomic mass is 9.81. The maximum absolute atomic E-state index is 13.6. The second-order valence-electron chi connectivity index (χ2n) is 8.88. The minimum absolute atomic E-state index is 0.0524. The number of thioether (sulfide) groups is 1. The van der Waals surface area contributed by atoms with Crippen molar-refractivity contribution in [1.82, 2.24) is 5.32 Å². The first-order valence-electron chi connectivity index (χ1n) is 12.7. The molecule has 0 aliphatic carbocycles. The van der Waals surface area contributed by atoms with Crippen molar-refractivity contribution in [2.24, 2.45) is 0 Å². The van der Waals surface area contributed by atoms with Crippen LogP contribution in [0.4, 0.5) is 17.1 Å². The average Bonchev–Trinajstić information content (AvgIpc) is 2.97. The molecular formula is C30H27N5O5S. The fraction of sp³-hybridized carbons (Fsp3) is 0.167. The molecule has 1 atom stereocenters. The first-order valence-corrected chi connectivity index (χ1v) is 13.7. The summed E-state index contributed by atoms with van der Waals surface area (Å²) in [5.41, 5.74) is 2.75. The van der Waals surface area contributed by atoms with E-state index in [1.54, 1.807) is 25.1 Å². The average molecular weight is 570 g/mol. The van der Waals surface area contributed by atoms with E-state index >= 15 is 0 Å². The Morgan fingerprint density at radius 2 is 1.68 bits per heavy atom. The Morgan fingerprint density at radius 1 is 1.02 bits per heavy atom. The molecule has 0 radical (unpaired) electrons. The van der Waals surface area contributed by atoms with Crippen molar-refractivity contribution in [3.63, 3.8) is 0 Å². The predicted molar refractivity (Wildman–Crippen MR) is 158 cm³/mol. The van der Waals surface area contributed by atoms with Crippen LogP contribution in [0.3, 0.4) is 0 Å². The molecule has 1 aliphatic rings. The van der Waals surface area contributed by atoms with Crippen LogP contribution in [0.1, 0.15) is 25.3 Å². The lowest BCUT2D eigenvalue weighted by Crippen LogP contribution is -2.31. The third-order valence-corrected chi connectivity index (χ3v) is 7.18. The van der Waals surface area contributed by atoms with Crippen molar-refractivity contribution in [2.75, 3.05) is 23.0 Å². The van der Waals surface area contributed by atoms with Gasteiger partial charge in [-0.2, -0.15) is 5.26 Å². The maximum atomic E-state index is 13.6. The Balaban J connectivity index is 1.64. The minimum Gasteiger partial charge on any atom is -0.494 e. The molecule has 3 N–H and O–H groups in total. The molecule has 4 rings (SSSR count). The Kier molecular flexibility index (Phi) is 9.39. The molecule has 1 aliphatic heterocycles. The van der Waals surface area contributed by atoms with Crippen molar-refractivity contribution < 1.29 is 19.2 Å². The van der Waals surface area contributed by atoms with Gasteiger partial charge in [-0.1, -0.05) is 48.2 Å². The number of carbonyl (C=O) groups excluding carboxylic acids is 2. The number of nitro groups is 1. The quantitative estimate of drug-likeness (QED) is 0.208. The summed E-state index contributed by atoms with van der Waals surface area (Å²) in [5, 5.41) is 30.5. The highest BCUT2D eigenvalue weighted by molar-refractivity contribution is 8.03. The molecule has 0 aromatic heterocycles. The molecule has 11 heteroatoms. The summed E-state index contributed by atoms with van der Waals surface area (Å²) in [6, 6.07) is 24.1. The van der Waals surface area contributed by atoms with Gasteiger partial charge in [-0.05, 0) is 44.2 Å². The van der Waals surface area contributed by atoms with Gasteiger partial charge < -0.3 is 20.7 Å². The number of nitriles is 1. The number of nitrogens with one attached hydrogen (secondary N) is 3. The Morgan fingerprint density at radius 3 is 2.34 bits per heavy atom. The van der Waals surface area contributed by atoms with Crippen LogP contribution in [0.5, 0.6) is 5.75 Å². The highest BCUT2D eigenvalue weighted by Gasteiger charge is 2.36. The summed E-state index contributed by atoms with van der Waals surface area (Å²) in [6.07, 6.45) is 0. The molecule has 0 fully saturated rings. The third-order valence-electron chi connectivity index (χ3n) is 6.16. The van der Waals surface area contributed by atoms with E-state index in [4.69, 9.17) is 4.74 Å². The largest absolute Gasteiger partial charge is 0.494 e. The van der Waals surface area contributed by atoms with Crippen LogP contribution in [0, 0.1) is 21.4 Å². The lowest BCUT2D eigenvalue weighted by molar-refractivity contribution is -0.384. The van der Waals surface area contributed by atoms with Crippen molar-refractivity contribution in [3.8, 4) is 11.8 Å². The summed E-state index contributed by atoms with van der Waals surface area (Å²) in [6.45, 7) is 4.00. The monoisotopic (exact) mass is 569 g/mol. The molecule has 0 unspecified atom stereocenters. The number of rotatable bonds is 10. The minimum atomic E-state index is -0.757. The first kappa shape index (κ1) is 28.9. The molecule has 0 spiro atoms. The van der Waals surface area contributed by atoms with E-state index < -0.39 is 10.8 Å². The van der Waals surface area contributed by atoms with Gasteiger partial charge in [0.2, 0.25) is 5.91 Å². The molecule has 0 bridgehead atoms. The predicted octanol–water partition coefficient (Wildman–Crippen LogP) is 5.70. The zero-order valence-electron chi connectivity index (χ0n) is 22.3. The molecule has 10 nitrogen and oxygen atoms in total. The van der Waals surface area contributed by atoms with Crippen LogP contribution < -0.4 is 20.7 Å². The molecule has 0 saturated carbocycles. The molecule has 1 heterocycles. The number of nitro benzene ring substituents is 1. The second kappa shape index (κ2) is 13.3. The number of non-ortho nitro benzene ring substituents is 1. The molecule has 3 aromatic carbocycles. The van der Waals surface area contributed by atoms with E-state index in [0.717, 1.165) is 11.8 Å². The van der Waals surface area contributed by atoms with Crippen molar-refractivity contribution in [1.29, 1.82) is 5.26 Å². The SMILES string of the molecule is CCOc1ccccc1[C@H]1C(C#N)=C(SCC(=O)Nc2ccc([N+](=O)[O-])cc2)NC(C)=C1C(=O)Nc1ccccc1. The summed E-state index contributed by atoms with van der Waals surface area (Å²) in [4.78, 5) is 36.7. The Hall–Kier alpha value is -5.08. The Labute approximate surface area is 241 Å². The highest BCUT2D eigenvalue weighted by atomic mass is 32.2. The van der Waals surface area contributed by atoms with Crippen LogP contribution in [-0.4, -0.2) is 29.1 Å². The summed E-state index contributed by atoms with van der Waals surface area (Å²) in [7, 11) is 0. The van der Waals surface area contributed by atoms with E-state index in [1.165, 1.54) is 24.3 Å². The van der Waals surface area contributed by atoms with E-state index in [1.807, 2.05) is 43.3 Å². The maximum Gasteiger partial charge on any atom is 0.269 e. The zero-order chi connectivity index (χ0) is 29.4. The first-order chi connectivity index (χ1) is 19.8.